The average Bonchev–Trinajstić information content (AvgIpc) is 2.59. The number of rotatable bonds is 3. The van der Waals surface area contributed by atoms with Gasteiger partial charge in [-0.15, -0.1) is 0 Å². The van der Waals surface area contributed by atoms with Crippen LogP contribution in [0.1, 0.15) is 23.0 Å². The van der Waals surface area contributed by atoms with E-state index in [4.69, 9.17) is 32.7 Å². The van der Waals surface area contributed by atoms with E-state index in [1.165, 1.54) is 0 Å². The van der Waals surface area contributed by atoms with Gasteiger partial charge in [-0.25, -0.2) is 9.78 Å². The normalized spacial score (nSPS) is 17.3. The molecule has 1 fully saturated rings. The second-order valence-electron chi connectivity index (χ2n) is 6.24. The zero-order chi connectivity index (χ0) is 18.3. The summed E-state index contributed by atoms with van der Waals surface area (Å²) in [4.78, 5) is 18.2. The molecule has 8 heteroatoms. The van der Waals surface area contributed by atoms with Crippen molar-refractivity contribution in [3.05, 3.63) is 51.8 Å². The summed E-state index contributed by atoms with van der Waals surface area (Å²) in [6.07, 6.45) is 1.66. The largest absolute Gasteiger partial charge is 0.463 e. The Balaban J connectivity index is 1.68. The molecule has 3 heterocycles. The van der Waals surface area contributed by atoms with Gasteiger partial charge in [-0.2, -0.15) is 0 Å². The Morgan fingerprint density at radius 3 is 2.81 bits per heavy atom. The Bertz CT molecular complexity index is 854. The summed E-state index contributed by atoms with van der Waals surface area (Å²) in [5, 5.41) is 4.32. The highest BCUT2D eigenvalue weighted by atomic mass is 35.5. The molecule has 0 amide bonds. The number of hydrogen-bond acceptors (Lipinski definition) is 6. The topological polar surface area (TPSA) is 63.7 Å². The number of esters is 1. The van der Waals surface area contributed by atoms with Crippen molar-refractivity contribution in [1.29, 1.82) is 0 Å². The van der Waals surface area contributed by atoms with Gasteiger partial charge >= 0.3 is 5.97 Å². The van der Waals surface area contributed by atoms with Gasteiger partial charge in [0, 0.05) is 10.6 Å². The van der Waals surface area contributed by atoms with Crippen LogP contribution in [0.3, 0.4) is 0 Å². The third-order valence-corrected chi connectivity index (χ3v) is 5.04. The number of hydrogen-bond donors (Lipinski definition) is 1. The molecule has 6 nitrogen and oxygen atoms in total. The van der Waals surface area contributed by atoms with Crippen molar-refractivity contribution in [2.45, 2.75) is 19.2 Å². The zero-order valence-corrected chi connectivity index (χ0v) is 15.6. The third kappa shape index (κ3) is 2.88. The standard InChI is InChI=1S/C18H17Cl2N3O3/c1-2-25-17(24)15-4-3-13(7-22-15)23-8-11-5-12(19)6-14(20)16(11)26-18(23)9-21-10-18/h3-7,21H,2,8-10H2,1H3. The number of nitrogens with one attached hydrogen (secondary N) is 1. The smallest absolute Gasteiger partial charge is 0.356 e. The van der Waals surface area contributed by atoms with Gasteiger partial charge in [0.2, 0.25) is 5.72 Å². The molecular weight excluding hydrogens is 377 g/mol. The van der Waals surface area contributed by atoms with E-state index in [9.17, 15) is 4.79 Å². The average molecular weight is 394 g/mol. The van der Waals surface area contributed by atoms with Crippen LogP contribution in [0.5, 0.6) is 5.75 Å². The van der Waals surface area contributed by atoms with E-state index in [1.54, 1.807) is 25.3 Å². The highest BCUT2D eigenvalue weighted by Crippen LogP contribution is 2.43. The summed E-state index contributed by atoms with van der Waals surface area (Å²) < 4.78 is 11.3. The quantitative estimate of drug-likeness (QED) is 0.807. The monoisotopic (exact) mass is 393 g/mol. The predicted octanol–water partition coefficient (Wildman–Crippen LogP) is 3.26. The van der Waals surface area contributed by atoms with Gasteiger partial charge in [-0.3, -0.25) is 0 Å². The fraction of sp³-hybridized carbons (Fsp3) is 0.333. The molecule has 4 rings (SSSR count). The summed E-state index contributed by atoms with van der Waals surface area (Å²) in [5.74, 6) is 0.239. The first-order chi connectivity index (χ1) is 12.5. The summed E-state index contributed by atoms with van der Waals surface area (Å²) in [7, 11) is 0. The fourth-order valence-electron chi connectivity index (χ4n) is 3.20. The van der Waals surface area contributed by atoms with Crippen molar-refractivity contribution in [2.75, 3.05) is 24.6 Å². The number of halogens is 2. The van der Waals surface area contributed by atoms with E-state index in [-0.39, 0.29) is 5.69 Å². The third-order valence-electron chi connectivity index (χ3n) is 4.54. The number of aromatic nitrogens is 1. The van der Waals surface area contributed by atoms with Crippen molar-refractivity contribution in [3.63, 3.8) is 0 Å². The molecule has 1 spiro atoms. The van der Waals surface area contributed by atoms with Crippen LogP contribution in [0.15, 0.2) is 30.5 Å². The predicted molar refractivity (Wildman–Crippen MR) is 99.1 cm³/mol. The maximum atomic E-state index is 11.8. The molecule has 2 aromatic rings. The number of carbonyl (C=O) groups excluding carboxylic acids is 1. The molecule has 136 valence electrons. The van der Waals surface area contributed by atoms with Crippen LogP contribution in [0, 0.1) is 0 Å². The van der Waals surface area contributed by atoms with Crippen LogP contribution in [0.25, 0.3) is 0 Å². The lowest BCUT2D eigenvalue weighted by Gasteiger charge is -2.53. The number of benzene rings is 1. The van der Waals surface area contributed by atoms with Crippen LogP contribution in [-0.4, -0.2) is 36.4 Å². The van der Waals surface area contributed by atoms with E-state index >= 15 is 0 Å². The van der Waals surface area contributed by atoms with Crippen molar-refractivity contribution >= 4 is 34.9 Å². The van der Waals surface area contributed by atoms with Crippen LogP contribution >= 0.6 is 23.2 Å². The number of carbonyl (C=O) groups is 1. The lowest BCUT2D eigenvalue weighted by molar-refractivity contribution is 0.000595. The summed E-state index contributed by atoms with van der Waals surface area (Å²) in [6, 6.07) is 7.05. The van der Waals surface area contributed by atoms with E-state index in [1.807, 2.05) is 12.1 Å². The first-order valence-electron chi connectivity index (χ1n) is 8.31. The van der Waals surface area contributed by atoms with Crippen molar-refractivity contribution in [3.8, 4) is 5.75 Å². The maximum Gasteiger partial charge on any atom is 0.356 e. The highest BCUT2D eigenvalue weighted by Gasteiger charge is 2.49. The molecule has 2 aliphatic heterocycles. The van der Waals surface area contributed by atoms with Gasteiger partial charge in [0.15, 0.2) is 0 Å². The molecule has 0 radical (unpaired) electrons. The number of ether oxygens (including phenoxy) is 2. The van der Waals surface area contributed by atoms with E-state index in [0.717, 1.165) is 11.3 Å². The first kappa shape index (κ1) is 17.4. The Labute approximate surface area is 161 Å². The van der Waals surface area contributed by atoms with Gasteiger partial charge < -0.3 is 19.7 Å². The molecule has 1 aromatic heterocycles. The first-order valence-corrected chi connectivity index (χ1v) is 9.06. The van der Waals surface area contributed by atoms with Gasteiger partial charge in [0.1, 0.15) is 11.4 Å². The highest BCUT2D eigenvalue weighted by molar-refractivity contribution is 6.35. The SMILES string of the molecule is CCOC(=O)c1ccc(N2Cc3cc(Cl)cc(Cl)c3OC23CNC3)cn1. The van der Waals surface area contributed by atoms with Crippen LogP contribution in [-0.2, 0) is 11.3 Å². The van der Waals surface area contributed by atoms with Crippen molar-refractivity contribution in [2.24, 2.45) is 0 Å². The molecule has 0 atom stereocenters. The molecule has 0 unspecified atom stereocenters. The molecule has 1 aromatic carbocycles. The second kappa shape index (κ2) is 6.61. The number of pyridine rings is 1. The lowest BCUT2D eigenvalue weighted by atomic mass is 9.99. The molecule has 0 aliphatic carbocycles. The minimum Gasteiger partial charge on any atom is -0.463 e. The van der Waals surface area contributed by atoms with Gasteiger partial charge in [-0.05, 0) is 31.2 Å². The lowest BCUT2D eigenvalue weighted by Crippen LogP contribution is -2.73. The van der Waals surface area contributed by atoms with Crippen LogP contribution in [0.4, 0.5) is 5.69 Å². The summed E-state index contributed by atoms with van der Waals surface area (Å²) >= 11 is 12.5. The van der Waals surface area contributed by atoms with E-state index in [2.05, 4.69) is 15.2 Å². The molecule has 0 bridgehead atoms. The number of fused-ring (bicyclic) bond motifs is 1. The minimum atomic E-state index is -0.530. The molecular formula is C18H17Cl2N3O3. The molecule has 26 heavy (non-hydrogen) atoms. The molecule has 2 aliphatic rings. The zero-order valence-electron chi connectivity index (χ0n) is 14.1. The van der Waals surface area contributed by atoms with Gasteiger partial charge in [0.25, 0.3) is 0 Å². The minimum absolute atomic E-state index is 0.279. The van der Waals surface area contributed by atoms with Crippen LogP contribution in [0.2, 0.25) is 10.0 Å². The van der Waals surface area contributed by atoms with Gasteiger partial charge in [-0.1, -0.05) is 23.2 Å². The molecule has 1 saturated heterocycles. The molecule has 1 N–H and O–H groups in total. The number of anilines is 1. The summed E-state index contributed by atoms with van der Waals surface area (Å²) in [6.45, 7) is 3.97. The fourth-order valence-corrected chi connectivity index (χ4v) is 3.78. The van der Waals surface area contributed by atoms with E-state index < -0.39 is 11.7 Å². The Morgan fingerprint density at radius 1 is 1.38 bits per heavy atom. The molecule has 0 saturated carbocycles. The van der Waals surface area contributed by atoms with Crippen LogP contribution < -0.4 is 15.0 Å². The second-order valence-corrected chi connectivity index (χ2v) is 7.08. The maximum absolute atomic E-state index is 11.8. The Morgan fingerprint density at radius 2 is 2.19 bits per heavy atom. The number of nitrogens with zero attached hydrogens (tertiary/aromatic N) is 2. The Hall–Kier alpha value is -2.02. The Kier molecular flexibility index (Phi) is 4.42. The van der Waals surface area contributed by atoms with Crippen molar-refractivity contribution in [1.82, 2.24) is 10.3 Å². The van der Waals surface area contributed by atoms with Crippen molar-refractivity contribution < 1.29 is 14.3 Å². The van der Waals surface area contributed by atoms with Gasteiger partial charge in [0.05, 0.1) is 43.1 Å². The van der Waals surface area contributed by atoms with E-state index in [0.29, 0.717) is 42.0 Å². The summed E-state index contributed by atoms with van der Waals surface area (Å²) in [5.41, 5.74) is 1.51.